The molecule has 0 aliphatic rings. The van der Waals surface area contributed by atoms with Crippen molar-refractivity contribution in [3.63, 3.8) is 0 Å². The second kappa shape index (κ2) is 57.0. The molecule has 0 aliphatic heterocycles. The molecule has 0 heterocycles. The van der Waals surface area contributed by atoms with Gasteiger partial charge in [0.2, 0.25) is 0 Å². The molecule has 0 rings (SSSR count). The first-order chi connectivity index (χ1) is 33.5. The van der Waals surface area contributed by atoms with Crippen LogP contribution >= 0.6 is 0 Å². The number of ether oxygens (including phenoxy) is 3. The first-order valence-corrected chi connectivity index (χ1v) is 29.6. The fraction of sp³-hybridized carbons (Fsp3) is 0.823. The lowest BCUT2D eigenvalue weighted by atomic mass is 10.0. The fourth-order valence-corrected chi connectivity index (χ4v) is 8.67. The predicted octanol–water partition coefficient (Wildman–Crippen LogP) is 19.8. The van der Waals surface area contributed by atoms with E-state index in [0.29, 0.717) is 19.3 Å². The lowest BCUT2D eigenvalue weighted by Crippen LogP contribution is -2.30. The Bertz CT molecular complexity index is 1190. The minimum Gasteiger partial charge on any atom is -0.462 e. The molecule has 68 heavy (non-hydrogen) atoms. The third kappa shape index (κ3) is 54.3. The molecule has 0 aromatic heterocycles. The molecule has 0 bridgehead atoms. The minimum atomic E-state index is -0.766. The van der Waals surface area contributed by atoms with E-state index in [-0.39, 0.29) is 31.1 Å². The number of esters is 3. The van der Waals surface area contributed by atoms with Crippen molar-refractivity contribution >= 4 is 17.9 Å². The average molecular weight is 954 g/mol. The van der Waals surface area contributed by atoms with Gasteiger partial charge in [-0.05, 0) is 57.8 Å². The highest BCUT2D eigenvalue weighted by molar-refractivity contribution is 5.71. The maximum atomic E-state index is 12.8. The second-order valence-electron chi connectivity index (χ2n) is 19.9. The zero-order valence-electron chi connectivity index (χ0n) is 45.4. The second-order valence-corrected chi connectivity index (χ2v) is 19.9. The van der Waals surface area contributed by atoms with Gasteiger partial charge >= 0.3 is 17.9 Å². The van der Waals surface area contributed by atoms with Crippen LogP contribution in [0.5, 0.6) is 0 Å². The van der Waals surface area contributed by atoms with Crippen molar-refractivity contribution in [2.24, 2.45) is 0 Å². The standard InChI is InChI=1S/C62H112O6/c1-4-7-10-13-16-18-20-22-24-26-27-28-29-30-31-32-33-34-35-36-38-39-41-43-46-49-52-55-61(64)67-58-59(57-66-60(63)54-51-48-45-15-12-9-6-3)68-62(65)56-53-50-47-44-42-40-37-25-23-21-19-17-14-11-8-5-2/h7,10,16,18,22,24,27-28,59H,4-6,8-9,11-15,17,19-21,23,25-26,29-58H2,1-3H3/b10-7-,18-16-,24-22-,28-27-. The maximum absolute atomic E-state index is 12.8. The minimum absolute atomic E-state index is 0.0684. The molecular weight excluding hydrogens is 841 g/mol. The molecule has 6 nitrogen and oxygen atoms in total. The summed E-state index contributed by atoms with van der Waals surface area (Å²) in [5.74, 6) is -0.859. The number of hydrogen-bond donors (Lipinski definition) is 0. The molecule has 0 saturated carbocycles. The first-order valence-electron chi connectivity index (χ1n) is 29.6. The quantitative estimate of drug-likeness (QED) is 0.0262. The van der Waals surface area contributed by atoms with Crippen molar-refractivity contribution in [2.75, 3.05) is 13.2 Å². The van der Waals surface area contributed by atoms with Gasteiger partial charge in [0, 0.05) is 19.3 Å². The number of carbonyl (C=O) groups excluding carboxylic acids is 3. The van der Waals surface area contributed by atoms with Gasteiger partial charge in [-0.15, -0.1) is 0 Å². The largest absolute Gasteiger partial charge is 0.462 e. The molecule has 0 aromatic carbocycles. The van der Waals surface area contributed by atoms with Crippen molar-refractivity contribution in [2.45, 2.75) is 316 Å². The Hall–Kier alpha value is -2.63. The third-order valence-corrected chi connectivity index (χ3v) is 13.1. The van der Waals surface area contributed by atoms with E-state index in [4.69, 9.17) is 14.2 Å². The maximum Gasteiger partial charge on any atom is 0.306 e. The molecule has 0 N–H and O–H groups in total. The molecule has 6 heteroatoms. The molecule has 0 aliphatic carbocycles. The van der Waals surface area contributed by atoms with Crippen molar-refractivity contribution in [1.29, 1.82) is 0 Å². The molecule has 1 atom stereocenters. The summed E-state index contributed by atoms with van der Waals surface area (Å²) < 4.78 is 16.8. The van der Waals surface area contributed by atoms with Crippen LogP contribution in [-0.4, -0.2) is 37.2 Å². The highest BCUT2D eigenvalue weighted by Gasteiger charge is 2.19. The van der Waals surface area contributed by atoms with E-state index < -0.39 is 6.10 Å². The van der Waals surface area contributed by atoms with Gasteiger partial charge in [0.05, 0.1) is 0 Å². The Morgan fingerprint density at radius 3 is 0.897 bits per heavy atom. The Morgan fingerprint density at radius 2 is 0.574 bits per heavy atom. The normalized spacial score (nSPS) is 12.3. The van der Waals surface area contributed by atoms with Gasteiger partial charge in [-0.25, -0.2) is 0 Å². The Labute approximate surface area is 422 Å². The molecule has 396 valence electrons. The van der Waals surface area contributed by atoms with E-state index in [1.54, 1.807) is 0 Å². The van der Waals surface area contributed by atoms with Crippen LogP contribution in [-0.2, 0) is 28.6 Å². The van der Waals surface area contributed by atoms with Crippen LogP contribution in [0.4, 0.5) is 0 Å². The number of unbranched alkanes of at least 4 members (excludes halogenated alkanes) is 35. The topological polar surface area (TPSA) is 78.9 Å². The van der Waals surface area contributed by atoms with E-state index in [1.807, 2.05) is 0 Å². The van der Waals surface area contributed by atoms with Gasteiger partial charge < -0.3 is 14.2 Å². The monoisotopic (exact) mass is 953 g/mol. The summed E-state index contributed by atoms with van der Waals surface area (Å²) in [4.78, 5) is 38.0. The van der Waals surface area contributed by atoms with Crippen LogP contribution < -0.4 is 0 Å². The van der Waals surface area contributed by atoms with Crippen LogP contribution in [0.2, 0.25) is 0 Å². The van der Waals surface area contributed by atoms with Gasteiger partial charge in [-0.2, -0.15) is 0 Å². The number of hydrogen-bond acceptors (Lipinski definition) is 6. The lowest BCUT2D eigenvalue weighted by molar-refractivity contribution is -0.167. The summed E-state index contributed by atoms with van der Waals surface area (Å²) in [5, 5.41) is 0. The van der Waals surface area contributed by atoms with Crippen LogP contribution in [0.25, 0.3) is 0 Å². The number of allylic oxidation sites excluding steroid dienone is 8. The van der Waals surface area contributed by atoms with Gasteiger partial charge in [0.25, 0.3) is 0 Å². The first kappa shape index (κ1) is 65.4. The zero-order chi connectivity index (χ0) is 49.3. The van der Waals surface area contributed by atoms with E-state index in [0.717, 1.165) is 83.5 Å². The average Bonchev–Trinajstić information content (AvgIpc) is 3.34. The number of rotatable bonds is 54. The smallest absolute Gasteiger partial charge is 0.306 e. The van der Waals surface area contributed by atoms with E-state index in [9.17, 15) is 14.4 Å². The van der Waals surface area contributed by atoms with E-state index in [2.05, 4.69) is 69.4 Å². The highest BCUT2D eigenvalue weighted by atomic mass is 16.6. The van der Waals surface area contributed by atoms with Crippen LogP contribution in [0, 0.1) is 0 Å². The van der Waals surface area contributed by atoms with Crippen molar-refractivity contribution in [3.05, 3.63) is 48.6 Å². The SMILES string of the molecule is CC/C=C\C/C=C\C/C=C\C/C=C\CCCCCCCCCCCCCCCCC(=O)OCC(COC(=O)CCCCCCCCC)OC(=O)CCCCCCCCCCCCCCCCCC. The summed E-state index contributed by atoms with van der Waals surface area (Å²) >= 11 is 0. The summed E-state index contributed by atoms with van der Waals surface area (Å²) in [6, 6.07) is 0. The molecule has 0 spiro atoms. The summed E-state index contributed by atoms with van der Waals surface area (Å²) in [6.07, 6.45) is 69.9. The van der Waals surface area contributed by atoms with Crippen LogP contribution in [0.3, 0.4) is 0 Å². The molecule has 0 amide bonds. The third-order valence-electron chi connectivity index (χ3n) is 13.1. The molecule has 1 unspecified atom stereocenters. The Morgan fingerprint density at radius 1 is 0.309 bits per heavy atom. The van der Waals surface area contributed by atoms with Gasteiger partial charge in [0.15, 0.2) is 6.10 Å². The van der Waals surface area contributed by atoms with Gasteiger partial charge in [-0.1, -0.05) is 281 Å². The molecular formula is C62H112O6. The summed E-state index contributed by atoms with van der Waals surface area (Å²) in [5.41, 5.74) is 0. The Kier molecular flexibility index (Phi) is 54.8. The Balaban J connectivity index is 4.08. The summed E-state index contributed by atoms with van der Waals surface area (Å²) in [6.45, 7) is 6.52. The lowest BCUT2D eigenvalue weighted by Gasteiger charge is -2.18. The number of carbonyl (C=O) groups is 3. The highest BCUT2D eigenvalue weighted by Crippen LogP contribution is 2.17. The molecule has 0 fully saturated rings. The van der Waals surface area contributed by atoms with E-state index in [1.165, 1.54) is 186 Å². The van der Waals surface area contributed by atoms with E-state index >= 15 is 0 Å². The zero-order valence-corrected chi connectivity index (χ0v) is 45.4. The predicted molar refractivity (Wildman–Crippen MR) is 293 cm³/mol. The van der Waals surface area contributed by atoms with Crippen molar-refractivity contribution < 1.29 is 28.6 Å². The molecule has 0 saturated heterocycles. The molecule has 0 aromatic rings. The van der Waals surface area contributed by atoms with Crippen LogP contribution in [0.1, 0.15) is 310 Å². The fourth-order valence-electron chi connectivity index (χ4n) is 8.67. The summed E-state index contributed by atoms with van der Waals surface area (Å²) in [7, 11) is 0. The van der Waals surface area contributed by atoms with Crippen molar-refractivity contribution in [1.82, 2.24) is 0 Å². The van der Waals surface area contributed by atoms with Crippen molar-refractivity contribution in [3.8, 4) is 0 Å². The molecule has 0 radical (unpaired) electrons. The van der Waals surface area contributed by atoms with Crippen LogP contribution in [0.15, 0.2) is 48.6 Å². The van der Waals surface area contributed by atoms with Gasteiger partial charge in [0.1, 0.15) is 13.2 Å². The van der Waals surface area contributed by atoms with Gasteiger partial charge in [-0.3, -0.25) is 14.4 Å².